The van der Waals surface area contributed by atoms with Crippen LogP contribution in [0.2, 0.25) is 0 Å². The van der Waals surface area contributed by atoms with E-state index < -0.39 is 0 Å². The molecular weight excluding hydrogens is 326 g/mol. The number of carbonyl (C=O) groups excluding carboxylic acids is 1. The minimum atomic E-state index is -0.152. The smallest absolute Gasteiger partial charge is 0.262 e. The summed E-state index contributed by atoms with van der Waals surface area (Å²) in [5, 5.41) is 2.94. The zero-order valence-corrected chi connectivity index (χ0v) is 15.8. The Labute approximate surface area is 155 Å². The van der Waals surface area contributed by atoms with Gasteiger partial charge in [-0.05, 0) is 56.8 Å². The van der Waals surface area contributed by atoms with Crippen molar-refractivity contribution in [1.29, 1.82) is 0 Å². The van der Waals surface area contributed by atoms with Crippen molar-refractivity contribution in [2.45, 2.75) is 13.8 Å². The summed E-state index contributed by atoms with van der Waals surface area (Å²) in [5.74, 6) is 0.550. The first-order chi connectivity index (χ1) is 12.5. The Kier molecular flexibility index (Phi) is 5.78. The number of aryl methyl sites for hydroxylation is 2. The number of nitrogens with zero attached hydrogens (tertiary/aromatic N) is 2. The van der Waals surface area contributed by atoms with Gasteiger partial charge in [0.05, 0.1) is 0 Å². The lowest BCUT2D eigenvalue weighted by Crippen LogP contribution is -2.44. The number of anilines is 2. The minimum Gasteiger partial charge on any atom is -0.484 e. The summed E-state index contributed by atoms with van der Waals surface area (Å²) in [6.07, 6.45) is 0. The molecule has 0 radical (unpaired) electrons. The fourth-order valence-corrected chi connectivity index (χ4v) is 3.02. The first-order valence-corrected chi connectivity index (χ1v) is 9.05. The van der Waals surface area contributed by atoms with Crippen molar-refractivity contribution in [2.24, 2.45) is 0 Å². The summed E-state index contributed by atoms with van der Waals surface area (Å²) in [7, 11) is 2.15. The summed E-state index contributed by atoms with van der Waals surface area (Å²) < 4.78 is 5.54. The van der Waals surface area contributed by atoms with Gasteiger partial charge in [-0.1, -0.05) is 17.7 Å². The molecule has 1 amide bonds. The highest BCUT2D eigenvalue weighted by Crippen LogP contribution is 2.23. The van der Waals surface area contributed by atoms with Gasteiger partial charge in [0.2, 0.25) is 0 Å². The van der Waals surface area contributed by atoms with Crippen LogP contribution in [0, 0.1) is 13.8 Å². The molecule has 0 aromatic heterocycles. The predicted molar refractivity (Wildman–Crippen MR) is 106 cm³/mol. The van der Waals surface area contributed by atoms with E-state index in [0.717, 1.165) is 43.0 Å². The molecule has 0 aliphatic carbocycles. The number of nitrogens with one attached hydrogen (secondary N) is 1. The van der Waals surface area contributed by atoms with E-state index in [0.29, 0.717) is 5.75 Å². The molecule has 0 bridgehead atoms. The third-order valence-corrected chi connectivity index (χ3v) is 4.74. The molecule has 0 atom stereocenters. The highest BCUT2D eigenvalue weighted by atomic mass is 16.5. The van der Waals surface area contributed by atoms with E-state index >= 15 is 0 Å². The number of ether oxygens (including phenoxy) is 1. The van der Waals surface area contributed by atoms with E-state index in [-0.39, 0.29) is 12.5 Å². The van der Waals surface area contributed by atoms with Crippen molar-refractivity contribution in [2.75, 3.05) is 50.1 Å². The van der Waals surface area contributed by atoms with Crippen LogP contribution in [-0.2, 0) is 4.79 Å². The maximum absolute atomic E-state index is 12.2. The monoisotopic (exact) mass is 353 g/mol. The van der Waals surface area contributed by atoms with E-state index in [9.17, 15) is 4.79 Å². The number of benzene rings is 2. The average Bonchev–Trinajstić information content (AvgIpc) is 2.63. The second kappa shape index (κ2) is 8.23. The van der Waals surface area contributed by atoms with Crippen molar-refractivity contribution in [3.63, 3.8) is 0 Å². The molecule has 0 saturated carbocycles. The Balaban J connectivity index is 1.55. The molecule has 26 heavy (non-hydrogen) atoms. The van der Waals surface area contributed by atoms with E-state index in [1.165, 1.54) is 5.69 Å². The molecule has 2 aromatic rings. The van der Waals surface area contributed by atoms with Crippen molar-refractivity contribution in [3.05, 3.63) is 53.6 Å². The number of hydrogen-bond acceptors (Lipinski definition) is 4. The maximum Gasteiger partial charge on any atom is 0.262 e. The van der Waals surface area contributed by atoms with Gasteiger partial charge >= 0.3 is 0 Å². The highest BCUT2D eigenvalue weighted by molar-refractivity contribution is 5.92. The topological polar surface area (TPSA) is 44.8 Å². The molecule has 5 heteroatoms. The largest absolute Gasteiger partial charge is 0.484 e. The lowest BCUT2D eigenvalue weighted by Gasteiger charge is -2.34. The zero-order chi connectivity index (χ0) is 18.5. The Morgan fingerprint density at radius 2 is 1.73 bits per heavy atom. The van der Waals surface area contributed by atoms with Crippen LogP contribution in [0.25, 0.3) is 0 Å². The van der Waals surface area contributed by atoms with E-state index in [2.05, 4.69) is 34.3 Å². The van der Waals surface area contributed by atoms with Crippen LogP contribution in [0.3, 0.4) is 0 Å². The van der Waals surface area contributed by atoms with E-state index in [1.807, 2.05) is 44.2 Å². The van der Waals surface area contributed by atoms with Crippen LogP contribution in [0.5, 0.6) is 5.75 Å². The van der Waals surface area contributed by atoms with Gasteiger partial charge in [0.25, 0.3) is 5.91 Å². The van der Waals surface area contributed by atoms with Crippen molar-refractivity contribution >= 4 is 17.3 Å². The molecule has 0 spiro atoms. The van der Waals surface area contributed by atoms with Gasteiger partial charge in [0, 0.05) is 37.6 Å². The molecule has 1 aliphatic rings. The van der Waals surface area contributed by atoms with Gasteiger partial charge in [0.1, 0.15) is 5.75 Å². The molecule has 0 unspecified atom stereocenters. The summed E-state index contributed by atoms with van der Waals surface area (Å²) in [5.41, 5.74) is 4.27. The van der Waals surface area contributed by atoms with Crippen LogP contribution in [0.1, 0.15) is 11.1 Å². The van der Waals surface area contributed by atoms with Crippen LogP contribution >= 0.6 is 0 Å². The molecule has 1 fully saturated rings. The lowest BCUT2D eigenvalue weighted by molar-refractivity contribution is -0.118. The van der Waals surface area contributed by atoms with Crippen molar-refractivity contribution in [3.8, 4) is 5.75 Å². The Morgan fingerprint density at radius 3 is 2.38 bits per heavy atom. The number of hydrogen-bond donors (Lipinski definition) is 1. The fraction of sp³-hybridized carbons (Fsp3) is 0.381. The molecule has 5 nitrogen and oxygen atoms in total. The zero-order valence-electron chi connectivity index (χ0n) is 15.8. The molecule has 2 aromatic carbocycles. The van der Waals surface area contributed by atoms with Gasteiger partial charge in [-0.15, -0.1) is 0 Å². The van der Waals surface area contributed by atoms with Gasteiger partial charge in [0.15, 0.2) is 6.61 Å². The number of carbonyl (C=O) groups is 1. The highest BCUT2D eigenvalue weighted by Gasteiger charge is 2.15. The molecule has 3 rings (SSSR count). The van der Waals surface area contributed by atoms with E-state index in [1.54, 1.807) is 0 Å². The van der Waals surface area contributed by atoms with Crippen LogP contribution in [0.4, 0.5) is 11.4 Å². The summed E-state index contributed by atoms with van der Waals surface area (Å²) in [6, 6.07) is 13.9. The Morgan fingerprint density at radius 1 is 1.04 bits per heavy atom. The first-order valence-electron chi connectivity index (χ1n) is 9.05. The standard InChI is InChI=1S/C21H27N3O2/c1-16-4-7-19(8-5-16)26-15-21(25)22-20-9-6-18(14-17(20)2)24-12-10-23(3)11-13-24/h4-9,14H,10-13,15H2,1-3H3,(H,22,25). The molecule has 1 N–H and O–H groups in total. The SMILES string of the molecule is Cc1ccc(OCC(=O)Nc2ccc(N3CCN(C)CC3)cc2C)cc1. The molecule has 1 heterocycles. The van der Waals surface area contributed by atoms with Crippen LogP contribution in [-0.4, -0.2) is 50.6 Å². The normalized spacial score (nSPS) is 15.0. The van der Waals surface area contributed by atoms with Crippen LogP contribution < -0.4 is 15.0 Å². The summed E-state index contributed by atoms with van der Waals surface area (Å²) in [6.45, 7) is 8.27. The third-order valence-electron chi connectivity index (χ3n) is 4.74. The number of piperazine rings is 1. The number of amides is 1. The Bertz CT molecular complexity index is 750. The fourth-order valence-electron chi connectivity index (χ4n) is 3.02. The quantitative estimate of drug-likeness (QED) is 0.897. The van der Waals surface area contributed by atoms with Gasteiger partial charge in [-0.25, -0.2) is 0 Å². The van der Waals surface area contributed by atoms with Crippen LogP contribution in [0.15, 0.2) is 42.5 Å². The van der Waals surface area contributed by atoms with Gasteiger partial charge < -0.3 is 19.9 Å². The molecule has 1 aliphatic heterocycles. The van der Waals surface area contributed by atoms with E-state index in [4.69, 9.17) is 4.74 Å². The maximum atomic E-state index is 12.2. The summed E-state index contributed by atoms with van der Waals surface area (Å²) in [4.78, 5) is 16.9. The van der Waals surface area contributed by atoms with Gasteiger partial charge in [-0.2, -0.15) is 0 Å². The first kappa shape index (κ1) is 18.3. The second-order valence-electron chi connectivity index (χ2n) is 6.94. The van der Waals surface area contributed by atoms with Gasteiger partial charge in [-0.3, -0.25) is 4.79 Å². The van der Waals surface area contributed by atoms with Crippen molar-refractivity contribution in [1.82, 2.24) is 4.90 Å². The predicted octanol–water partition coefficient (Wildman–Crippen LogP) is 3.07. The minimum absolute atomic E-state index is 0.00269. The number of likely N-dealkylation sites (N-methyl/N-ethyl adjacent to an activating group) is 1. The third kappa shape index (κ3) is 4.76. The molecule has 138 valence electrons. The number of rotatable bonds is 5. The second-order valence-corrected chi connectivity index (χ2v) is 6.94. The summed E-state index contributed by atoms with van der Waals surface area (Å²) >= 11 is 0. The Hall–Kier alpha value is -2.53. The lowest BCUT2D eigenvalue weighted by atomic mass is 10.1. The molecular formula is C21H27N3O2. The van der Waals surface area contributed by atoms with Crippen molar-refractivity contribution < 1.29 is 9.53 Å². The average molecular weight is 353 g/mol. The molecule has 1 saturated heterocycles.